The second-order valence-electron chi connectivity index (χ2n) is 5.53. The summed E-state index contributed by atoms with van der Waals surface area (Å²) in [7, 11) is 1.73. The van der Waals surface area contributed by atoms with Crippen LogP contribution < -0.4 is 10.1 Å². The van der Waals surface area contributed by atoms with Gasteiger partial charge in [-0.3, -0.25) is 0 Å². The average Bonchev–Trinajstić information content (AvgIpc) is 3.17. The number of rotatable bonds is 8. The molecule has 1 aliphatic carbocycles. The van der Waals surface area contributed by atoms with E-state index in [1.54, 1.807) is 7.11 Å². The number of benzene rings is 1. The summed E-state index contributed by atoms with van der Waals surface area (Å²) in [6, 6.07) is 5.33. The van der Waals surface area contributed by atoms with Crippen molar-refractivity contribution in [2.45, 2.75) is 43.2 Å². The Labute approximate surface area is 125 Å². The SMILES string of the molecule is COCCCOc1cc(CNC2CC2)cc2c1SCC2. The number of methoxy groups -OCH3 is 1. The molecule has 0 saturated heterocycles. The van der Waals surface area contributed by atoms with Crippen molar-refractivity contribution < 1.29 is 9.47 Å². The van der Waals surface area contributed by atoms with Gasteiger partial charge in [-0.1, -0.05) is 6.07 Å². The molecule has 0 radical (unpaired) electrons. The van der Waals surface area contributed by atoms with Crippen molar-refractivity contribution in [3.05, 3.63) is 23.3 Å². The van der Waals surface area contributed by atoms with Gasteiger partial charge in [0.2, 0.25) is 0 Å². The smallest absolute Gasteiger partial charge is 0.133 e. The highest BCUT2D eigenvalue weighted by atomic mass is 32.2. The van der Waals surface area contributed by atoms with Crippen LogP contribution in [0.25, 0.3) is 0 Å². The van der Waals surface area contributed by atoms with E-state index < -0.39 is 0 Å². The van der Waals surface area contributed by atoms with E-state index in [1.165, 1.54) is 41.0 Å². The van der Waals surface area contributed by atoms with E-state index in [4.69, 9.17) is 9.47 Å². The predicted molar refractivity (Wildman–Crippen MR) is 82.7 cm³/mol. The van der Waals surface area contributed by atoms with Crippen molar-refractivity contribution in [3.8, 4) is 5.75 Å². The Hall–Kier alpha value is -0.710. The molecule has 110 valence electrons. The highest BCUT2D eigenvalue weighted by Gasteiger charge is 2.22. The van der Waals surface area contributed by atoms with Crippen LogP contribution in [0.5, 0.6) is 5.75 Å². The van der Waals surface area contributed by atoms with E-state index in [9.17, 15) is 0 Å². The summed E-state index contributed by atoms with van der Waals surface area (Å²) in [5, 5.41) is 3.59. The average molecular weight is 293 g/mol. The van der Waals surface area contributed by atoms with Gasteiger partial charge in [0.15, 0.2) is 0 Å². The first kappa shape index (κ1) is 14.2. The van der Waals surface area contributed by atoms with E-state index in [0.29, 0.717) is 0 Å². The summed E-state index contributed by atoms with van der Waals surface area (Å²) in [6.45, 7) is 2.47. The highest BCUT2D eigenvalue weighted by Crippen LogP contribution is 2.40. The van der Waals surface area contributed by atoms with Gasteiger partial charge in [-0.25, -0.2) is 0 Å². The minimum absolute atomic E-state index is 0.736. The Morgan fingerprint density at radius 2 is 2.20 bits per heavy atom. The maximum Gasteiger partial charge on any atom is 0.133 e. The molecule has 3 nitrogen and oxygen atoms in total. The molecular formula is C16H23NO2S. The number of aryl methyl sites for hydroxylation is 1. The molecule has 0 aromatic heterocycles. The fourth-order valence-electron chi connectivity index (χ4n) is 2.48. The second kappa shape index (κ2) is 6.83. The lowest BCUT2D eigenvalue weighted by Crippen LogP contribution is -2.15. The molecule has 1 N–H and O–H groups in total. The summed E-state index contributed by atoms with van der Waals surface area (Å²) in [5.41, 5.74) is 2.83. The molecule has 3 rings (SSSR count). The minimum atomic E-state index is 0.736. The fraction of sp³-hybridized carbons (Fsp3) is 0.625. The number of hydrogen-bond acceptors (Lipinski definition) is 4. The third kappa shape index (κ3) is 3.68. The minimum Gasteiger partial charge on any atom is -0.492 e. The van der Waals surface area contributed by atoms with Crippen molar-refractivity contribution in [1.29, 1.82) is 0 Å². The monoisotopic (exact) mass is 293 g/mol. The first-order chi connectivity index (χ1) is 9.86. The topological polar surface area (TPSA) is 30.5 Å². The zero-order valence-electron chi connectivity index (χ0n) is 12.1. The summed E-state index contributed by atoms with van der Waals surface area (Å²) in [5.74, 6) is 2.26. The van der Waals surface area contributed by atoms with Crippen LogP contribution in [-0.2, 0) is 17.7 Å². The van der Waals surface area contributed by atoms with Gasteiger partial charge >= 0.3 is 0 Å². The van der Waals surface area contributed by atoms with Crippen molar-refractivity contribution in [3.63, 3.8) is 0 Å². The van der Waals surface area contributed by atoms with E-state index in [0.717, 1.165) is 38.0 Å². The van der Waals surface area contributed by atoms with E-state index in [1.807, 2.05) is 11.8 Å². The van der Waals surface area contributed by atoms with E-state index >= 15 is 0 Å². The molecule has 1 aromatic rings. The molecule has 1 aliphatic heterocycles. The number of nitrogens with one attached hydrogen (secondary N) is 1. The third-order valence-corrected chi connectivity index (χ3v) is 4.89. The highest BCUT2D eigenvalue weighted by molar-refractivity contribution is 7.99. The van der Waals surface area contributed by atoms with Crippen LogP contribution in [0.4, 0.5) is 0 Å². The zero-order chi connectivity index (χ0) is 13.8. The number of ether oxygens (including phenoxy) is 2. The van der Waals surface area contributed by atoms with Crippen LogP contribution in [0.2, 0.25) is 0 Å². The molecule has 2 aliphatic rings. The lowest BCUT2D eigenvalue weighted by Gasteiger charge is -2.13. The van der Waals surface area contributed by atoms with Crippen molar-refractivity contribution in [1.82, 2.24) is 5.32 Å². The molecule has 1 saturated carbocycles. The maximum absolute atomic E-state index is 5.99. The number of thioether (sulfide) groups is 1. The van der Waals surface area contributed by atoms with E-state index in [2.05, 4.69) is 17.4 Å². The van der Waals surface area contributed by atoms with Gasteiger partial charge in [0.1, 0.15) is 5.75 Å². The molecule has 0 amide bonds. The van der Waals surface area contributed by atoms with Crippen LogP contribution in [0.15, 0.2) is 17.0 Å². The zero-order valence-corrected chi connectivity index (χ0v) is 12.9. The maximum atomic E-state index is 5.99. The third-order valence-electron chi connectivity index (χ3n) is 3.73. The van der Waals surface area contributed by atoms with Gasteiger partial charge in [-0.2, -0.15) is 0 Å². The first-order valence-corrected chi connectivity index (χ1v) is 8.49. The summed E-state index contributed by atoms with van der Waals surface area (Å²) in [4.78, 5) is 1.36. The Morgan fingerprint density at radius 3 is 3.00 bits per heavy atom. The lowest BCUT2D eigenvalue weighted by molar-refractivity contribution is 0.171. The van der Waals surface area contributed by atoms with Crippen LogP contribution >= 0.6 is 11.8 Å². The van der Waals surface area contributed by atoms with E-state index in [-0.39, 0.29) is 0 Å². The molecule has 4 heteroatoms. The van der Waals surface area contributed by atoms with Crippen molar-refractivity contribution >= 4 is 11.8 Å². The standard InChI is InChI=1S/C16H23NO2S/c1-18-6-2-7-19-15-10-12(11-17-14-3-4-14)9-13-5-8-20-16(13)15/h9-10,14,17H,2-8,11H2,1H3. The Kier molecular flexibility index (Phi) is 4.86. The first-order valence-electron chi connectivity index (χ1n) is 7.50. The summed E-state index contributed by atoms with van der Waals surface area (Å²) < 4.78 is 11.1. The predicted octanol–water partition coefficient (Wildman–Crippen LogP) is 3.00. The Morgan fingerprint density at radius 1 is 1.30 bits per heavy atom. The van der Waals surface area contributed by atoms with Gasteiger partial charge < -0.3 is 14.8 Å². The van der Waals surface area contributed by atoms with Crippen LogP contribution in [0.3, 0.4) is 0 Å². The van der Waals surface area contributed by atoms with Crippen LogP contribution in [-0.4, -0.2) is 32.1 Å². The molecule has 1 fully saturated rings. The Bertz CT molecular complexity index is 460. The Balaban J connectivity index is 1.65. The van der Waals surface area contributed by atoms with Gasteiger partial charge in [0.05, 0.1) is 11.5 Å². The fourth-order valence-corrected chi connectivity index (χ4v) is 3.61. The molecule has 0 atom stereocenters. The number of fused-ring (bicyclic) bond motifs is 1. The summed E-state index contributed by atoms with van der Waals surface area (Å²) >= 11 is 1.93. The molecule has 1 heterocycles. The van der Waals surface area contributed by atoms with Gasteiger partial charge in [0, 0.05) is 38.5 Å². The molecule has 20 heavy (non-hydrogen) atoms. The van der Waals surface area contributed by atoms with Gasteiger partial charge in [-0.15, -0.1) is 11.8 Å². The molecular weight excluding hydrogens is 270 g/mol. The molecule has 0 spiro atoms. The quantitative estimate of drug-likeness (QED) is 0.746. The van der Waals surface area contributed by atoms with Crippen molar-refractivity contribution in [2.75, 3.05) is 26.1 Å². The van der Waals surface area contributed by atoms with Crippen molar-refractivity contribution in [2.24, 2.45) is 0 Å². The summed E-state index contributed by atoms with van der Waals surface area (Å²) in [6.07, 6.45) is 4.79. The normalized spacial score (nSPS) is 17.2. The molecule has 0 unspecified atom stereocenters. The van der Waals surface area contributed by atoms with Gasteiger partial charge in [-0.05, 0) is 36.5 Å². The van der Waals surface area contributed by atoms with Crippen LogP contribution in [0.1, 0.15) is 30.4 Å². The molecule has 0 bridgehead atoms. The second-order valence-corrected chi connectivity index (χ2v) is 6.64. The van der Waals surface area contributed by atoms with Crippen LogP contribution in [0, 0.1) is 0 Å². The van der Waals surface area contributed by atoms with Gasteiger partial charge in [0.25, 0.3) is 0 Å². The lowest BCUT2D eigenvalue weighted by atomic mass is 10.1. The number of hydrogen-bond donors (Lipinski definition) is 1. The molecule has 1 aromatic carbocycles. The largest absolute Gasteiger partial charge is 0.492 e.